The smallest absolute Gasteiger partial charge is 0.125 e. The molecule has 74 valence electrons. The van der Waals surface area contributed by atoms with Crippen LogP contribution in [0.4, 0.5) is 11.5 Å². The summed E-state index contributed by atoms with van der Waals surface area (Å²) in [6, 6.07) is 0. The number of aromatic nitrogens is 1. The van der Waals surface area contributed by atoms with Gasteiger partial charge in [-0.15, -0.1) is 0 Å². The molecule has 0 saturated heterocycles. The number of nitrogen functional groups attached to an aromatic ring is 2. The lowest BCUT2D eigenvalue weighted by molar-refractivity contribution is 0.674. The van der Waals surface area contributed by atoms with Gasteiger partial charge in [0.2, 0.25) is 0 Å². The van der Waals surface area contributed by atoms with Gasteiger partial charge in [0.05, 0.1) is 16.4 Å². The molecule has 0 radical (unpaired) electrons. The molecule has 1 aromatic rings. The quantitative estimate of drug-likeness (QED) is 0.393. The minimum atomic E-state index is -0.994. The van der Waals surface area contributed by atoms with Crippen molar-refractivity contribution in [3.05, 3.63) is 11.3 Å². The number of nitrogens with one attached hydrogen (secondary N) is 1. The third kappa shape index (κ3) is 1.98. The van der Waals surface area contributed by atoms with E-state index in [-0.39, 0.29) is 0 Å². The Bertz CT molecular complexity index is 369. The van der Waals surface area contributed by atoms with Crippen molar-refractivity contribution in [1.29, 1.82) is 0 Å². The normalized spacial score (nSPS) is 14.3. The first-order chi connectivity index (χ1) is 5.95. The van der Waals surface area contributed by atoms with Crippen LogP contribution in [0.25, 0.3) is 0 Å². The molecule has 1 aromatic heterocycles. The highest BCUT2D eigenvalue weighted by molar-refractivity contribution is 14.2. The van der Waals surface area contributed by atoms with E-state index in [9.17, 15) is 4.55 Å². The van der Waals surface area contributed by atoms with Gasteiger partial charge in [-0.2, -0.15) is 0 Å². The van der Waals surface area contributed by atoms with Crippen molar-refractivity contribution in [2.24, 2.45) is 5.73 Å². The van der Waals surface area contributed by atoms with Gasteiger partial charge in [-0.25, -0.2) is 0 Å². The molecule has 0 saturated carbocycles. The minimum absolute atomic E-state index is 0.363. The second-order valence-electron chi connectivity index (χ2n) is 2.55. The summed E-state index contributed by atoms with van der Waals surface area (Å²) in [6.07, 6.45) is 0. The lowest BCUT2D eigenvalue weighted by Crippen LogP contribution is -2.14. The summed E-state index contributed by atoms with van der Waals surface area (Å²) in [5, 5.41) is 0. The van der Waals surface area contributed by atoms with E-state index in [2.05, 4.69) is 4.98 Å². The average Bonchev–Trinajstić information content (AvgIpc) is 2.31. The standard InChI is InChI=1S/C6H11IN4OS/c1-2-3(8)5(9)11-4(2)6(10)13(7)12/h11-12H,8-10H2,1H3. The monoisotopic (exact) mass is 314 g/mol. The van der Waals surface area contributed by atoms with E-state index in [4.69, 9.17) is 17.2 Å². The van der Waals surface area contributed by atoms with Crippen LogP contribution in [0.3, 0.4) is 0 Å². The fourth-order valence-electron chi connectivity index (χ4n) is 0.963. The maximum absolute atomic E-state index is 9.25. The van der Waals surface area contributed by atoms with Crippen LogP contribution in [-0.2, 0) is 0 Å². The molecule has 8 N–H and O–H groups in total. The summed E-state index contributed by atoms with van der Waals surface area (Å²) >= 11 is 1.83. The molecule has 5 nitrogen and oxygen atoms in total. The van der Waals surface area contributed by atoms with Gasteiger partial charge in [-0.05, 0) is 6.92 Å². The van der Waals surface area contributed by atoms with Crippen molar-refractivity contribution in [2.45, 2.75) is 6.92 Å². The van der Waals surface area contributed by atoms with Gasteiger partial charge < -0.3 is 21.0 Å². The van der Waals surface area contributed by atoms with Crippen molar-refractivity contribution >= 4 is 45.6 Å². The molecule has 0 amide bonds. The third-order valence-electron chi connectivity index (χ3n) is 1.76. The molecule has 0 aliphatic rings. The number of anilines is 2. The number of nitrogens with two attached hydrogens (primary N) is 3. The summed E-state index contributed by atoms with van der Waals surface area (Å²) in [6.45, 7) is 1.80. The first-order valence-electron chi connectivity index (χ1n) is 3.41. The molecule has 1 rings (SSSR count). The number of rotatable bonds is 1. The topological polar surface area (TPSA) is 114 Å². The van der Waals surface area contributed by atoms with Gasteiger partial charge in [-0.1, -0.05) is 0 Å². The molecule has 0 aromatic carbocycles. The Labute approximate surface area is 90.4 Å². The Kier molecular flexibility index (Phi) is 3.22. The zero-order valence-electron chi connectivity index (χ0n) is 6.97. The summed E-state index contributed by atoms with van der Waals surface area (Å²) in [7, 11) is -0.994. The Balaban J connectivity index is 3.33. The van der Waals surface area contributed by atoms with Crippen molar-refractivity contribution in [3.8, 4) is 0 Å². The number of H-pyrrole nitrogens is 1. The SMILES string of the molecule is Cc1c(/C(N)=S(/O)I)[nH]c(N)c1N. The van der Waals surface area contributed by atoms with Crippen LogP contribution in [0.1, 0.15) is 11.3 Å². The van der Waals surface area contributed by atoms with Crippen LogP contribution < -0.4 is 17.2 Å². The predicted octanol–water partition coefficient (Wildman–Crippen LogP) is 1.02. The number of aromatic amines is 1. The minimum Gasteiger partial charge on any atom is -0.396 e. The van der Waals surface area contributed by atoms with Crippen LogP contribution in [0, 0.1) is 6.92 Å². The maximum atomic E-state index is 9.25. The van der Waals surface area contributed by atoms with Gasteiger partial charge in [-0.3, -0.25) is 5.73 Å². The summed E-state index contributed by atoms with van der Waals surface area (Å²) in [5.74, 6) is 0.386. The first kappa shape index (κ1) is 10.8. The molecule has 0 spiro atoms. The zero-order chi connectivity index (χ0) is 10.2. The molecular formula is C6H11IN4OS. The fourth-order valence-corrected chi connectivity index (χ4v) is 2.00. The number of halogens is 1. The number of hydrogen-bond donors (Lipinski definition) is 5. The van der Waals surface area contributed by atoms with Crippen LogP contribution in [-0.4, -0.2) is 14.5 Å². The fraction of sp³-hybridized carbons (Fsp3) is 0.167. The third-order valence-corrected chi connectivity index (χ3v) is 3.75. The predicted molar refractivity (Wildman–Crippen MR) is 66.9 cm³/mol. The van der Waals surface area contributed by atoms with Crippen molar-refractivity contribution < 1.29 is 4.55 Å². The lowest BCUT2D eigenvalue weighted by Gasteiger charge is -2.00. The van der Waals surface area contributed by atoms with Crippen LogP contribution in [0.2, 0.25) is 0 Å². The maximum Gasteiger partial charge on any atom is 0.125 e. The van der Waals surface area contributed by atoms with Gasteiger partial charge in [0.1, 0.15) is 5.82 Å². The van der Waals surface area contributed by atoms with Gasteiger partial charge in [0, 0.05) is 34.7 Å². The summed E-state index contributed by atoms with van der Waals surface area (Å²) in [5.41, 5.74) is 18.7. The van der Waals surface area contributed by atoms with Crippen LogP contribution in [0.5, 0.6) is 0 Å². The van der Waals surface area contributed by atoms with E-state index in [1.165, 1.54) is 0 Å². The Morgan fingerprint density at radius 2 is 2.08 bits per heavy atom. The molecular weight excluding hydrogens is 303 g/mol. The second kappa shape index (κ2) is 3.86. The molecule has 13 heavy (non-hydrogen) atoms. The Morgan fingerprint density at radius 3 is 2.38 bits per heavy atom. The molecule has 0 bridgehead atoms. The van der Waals surface area contributed by atoms with Gasteiger partial charge in [0.25, 0.3) is 0 Å². The first-order valence-corrected chi connectivity index (χ1v) is 7.13. The average molecular weight is 314 g/mol. The van der Waals surface area contributed by atoms with E-state index in [1.54, 1.807) is 6.92 Å². The van der Waals surface area contributed by atoms with Crippen LogP contribution in [0.15, 0.2) is 0 Å². The molecule has 0 aliphatic carbocycles. The number of hydrogen-bond acceptors (Lipinski definition) is 3. The lowest BCUT2D eigenvalue weighted by atomic mass is 10.2. The molecule has 1 heterocycles. The highest BCUT2D eigenvalue weighted by atomic mass is 127. The highest BCUT2D eigenvalue weighted by Gasteiger charge is 2.12. The van der Waals surface area contributed by atoms with E-state index >= 15 is 0 Å². The highest BCUT2D eigenvalue weighted by Crippen LogP contribution is 2.27. The molecule has 0 aliphatic heterocycles. The summed E-state index contributed by atoms with van der Waals surface area (Å²) < 4.78 is 9.25. The van der Waals surface area contributed by atoms with Crippen molar-refractivity contribution in [3.63, 3.8) is 0 Å². The molecule has 0 fully saturated rings. The summed E-state index contributed by atoms with van der Waals surface area (Å²) in [4.78, 5) is 3.19. The van der Waals surface area contributed by atoms with E-state index < -0.39 is 7.94 Å². The van der Waals surface area contributed by atoms with Crippen LogP contribution >= 0.6 is 29.1 Å². The van der Waals surface area contributed by atoms with Crippen molar-refractivity contribution in [2.75, 3.05) is 11.5 Å². The van der Waals surface area contributed by atoms with Crippen molar-refractivity contribution in [1.82, 2.24) is 4.98 Å². The largest absolute Gasteiger partial charge is 0.396 e. The molecule has 1 unspecified atom stereocenters. The van der Waals surface area contributed by atoms with Gasteiger partial charge >= 0.3 is 0 Å². The molecule has 7 heteroatoms. The van der Waals surface area contributed by atoms with E-state index in [0.29, 0.717) is 22.2 Å². The Hall–Kier alpha value is -0.250. The van der Waals surface area contributed by atoms with Gasteiger partial charge in [0.15, 0.2) is 0 Å². The Morgan fingerprint density at radius 1 is 1.54 bits per heavy atom. The molecule has 1 atom stereocenters. The zero-order valence-corrected chi connectivity index (χ0v) is 9.94. The second-order valence-corrected chi connectivity index (χ2v) is 5.97. The van der Waals surface area contributed by atoms with E-state index in [1.807, 2.05) is 21.2 Å². The van der Waals surface area contributed by atoms with E-state index in [0.717, 1.165) is 5.56 Å².